The van der Waals surface area contributed by atoms with Gasteiger partial charge in [0.15, 0.2) is 11.5 Å². The van der Waals surface area contributed by atoms with Gasteiger partial charge in [-0.25, -0.2) is 0 Å². The molecule has 1 unspecified atom stereocenters. The monoisotopic (exact) mass is 425 g/mol. The maximum absolute atomic E-state index is 10.5. The van der Waals surface area contributed by atoms with Crippen molar-refractivity contribution in [1.29, 1.82) is 0 Å². The van der Waals surface area contributed by atoms with Gasteiger partial charge in [0, 0.05) is 12.6 Å². The van der Waals surface area contributed by atoms with Crippen LogP contribution in [-0.4, -0.2) is 42.0 Å². The molecule has 0 radical (unpaired) electrons. The van der Waals surface area contributed by atoms with Gasteiger partial charge in [-0.1, -0.05) is 48.2 Å². The summed E-state index contributed by atoms with van der Waals surface area (Å²) in [5.41, 5.74) is 1.59. The first kappa shape index (κ1) is 22.6. The number of thioether (sulfide) groups is 1. The molecule has 1 heterocycles. The quantitative estimate of drug-likeness (QED) is 0.625. The van der Waals surface area contributed by atoms with Crippen molar-refractivity contribution in [1.82, 2.24) is 5.32 Å². The van der Waals surface area contributed by atoms with Crippen molar-refractivity contribution in [3.63, 3.8) is 0 Å². The first-order valence-electron chi connectivity index (χ1n) is 10.5. The first-order chi connectivity index (χ1) is 14.6. The SMILES string of the molecule is COc1ccc(CNC(C)Cc2ccccc2)cc1OCC#CC1(O)CCSCC1. The number of rotatable bonds is 8. The number of aliphatic hydroxyl groups is 1. The molecule has 0 spiro atoms. The third-order valence-corrected chi connectivity index (χ3v) is 6.19. The van der Waals surface area contributed by atoms with Crippen LogP contribution in [0.3, 0.4) is 0 Å². The van der Waals surface area contributed by atoms with Gasteiger partial charge in [0.2, 0.25) is 0 Å². The zero-order valence-electron chi connectivity index (χ0n) is 17.8. The molecule has 2 aromatic rings. The number of benzene rings is 2. The largest absolute Gasteiger partial charge is 0.493 e. The number of methoxy groups -OCH3 is 1. The highest BCUT2D eigenvalue weighted by Gasteiger charge is 2.26. The highest BCUT2D eigenvalue weighted by molar-refractivity contribution is 7.99. The van der Waals surface area contributed by atoms with Crippen molar-refractivity contribution >= 4 is 11.8 Å². The van der Waals surface area contributed by atoms with Crippen LogP contribution in [0.5, 0.6) is 11.5 Å². The van der Waals surface area contributed by atoms with Crippen molar-refractivity contribution in [2.45, 2.75) is 44.4 Å². The number of hydrogen-bond acceptors (Lipinski definition) is 5. The lowest BCUT2D eigenvalue weighted by Crippen LogP contribution is -2.31. The molecule has 0 amide bonds. The fraction of sp³-hybridized carbons (Fsp3) is 0.440. The van der Waals surface area contributed by atoms with Crippen LogP contribution < -0.4 is 14.8 Å². The summed E-state index contributed by atoms with van der Waals surface area (Å²) in [5.74, 6) is 9.26. The van der Waals surface area contributed by atoms with Crippen molar-refractivity contribution < 1.29 is 14.6 Å². The Morgan fingerprint density at radius 1 is 1.10 bits per heavy atom. The molecule has 160 valence electrons. The molecule has 3 rings (SSSR count). The second-order valence-corrected chi connectivity index (χ2v) is 8.92. The van der Waals surface area contributed by atoms with Crippen LogP contribution in [0.2, 0.25) is 0 Å². The molecule has 2 aromatic carbocycles. The Morgan fingerprint density at radius 2 is 1.87 bits per heavy atom. The summed E-state index contributed by atoms with van der Waals surface area (Å²) in [5, 5.41) is 14.0. The van der Waals surface area contributed by atoms with Crippen LogP contribution in [0.15, 0.2) is 48.5 Å². The van der Waals surface area contributed by atoms with Gasteiger partial charge in [0.25, 0.3) is 0 Å². The standard InChI is InChI=1S/C25H31NO3S/c1-20(17-21-7-4-3-5-8-21)26-19-22-9-10-23(28-2)24(18-22)29-14-6-11-25(27)12-15-30-16-13-25/h3-5,7-10,18,20,26-27H,12-17,19H2,1-2H3. The fourth-order valence-electron chi connectivity index (χ4n) is 3.42. The van der Waals surface area contributed by atoms with E-state index >= 15 is 0 Å². The summed E-state index contributed by atoms with van der Waals surface area (Å²) >= 11 is 1.87. The lowest BCUT2D eigenvalue weighted by Gasteiger charge is -2.26. The molecule has 1 atom stereocenters. The summed E-state index contributed by atoms with van der Waals surface area (Å²) < 4.78 is 11.3. The predicted molar refractivity (Wildman–Crippen MR) is 124 cm³/mol. The highest BCUT2D eigenvalue weighted by Crippen LogP contribution is 2.28. The number of hydrogen-bond donors (Lipinski definition) is 2. The van der Waals surface area contributed by atoms with Crippen LogP contribution in [0, 0.1) is 11.8 Å². The van der Waals surface area contributed by atoms with E-state index in [0.29, 0.717) is 17.5 Å². The smallest absolute Gasteiger partial charge is 0.162 e. The third-order valence-electron chi connectivity index (χ3n) is 5.21. The average Bonchev–Trinajstić information content (AvgIpc) is 2.76. The Morgan fingerprint density at radius 3 is 2.60 bits per heavy atom. The minimum Gasteiger partial charge on any atom is -0.493 e. The van der Waals surface area contributed by atoms with Gasteiger partial charge in [0.05, 0.1) is 7.11 Å². The predicted octanol–water partition coefficient (Wildman–Crippen LogP) is 4.06. The summed E-state index contributed by atoms with van der Waals surface area (Å²) in [7, 11) is 1.64. The normalized spacial score (nSPS) is 16.2. The van der Waals surface area contributed by atoms with Crippen LogP contribution >= 0.6 is 11.8 Å². The third kappa shape index (κ3) is 6.98. The van der Waals surface area contributed by atoms with Crippen LogP contribution in [0.25, 0.3) is 0 Å². The van der Waals surface area contributed by atoms with E-state index in [2.05, 4.69) is 48.3 Å². The minimum atomic E-state index is -0.862. The second-order valence-electron chi connectivity index (χ2n) is 7.69. The Labute approximate surface area is 184 Å². The zero-order valence-corrected chi connectivity index (χ0v) is 18.6. The second kappa shape index (κ2) is 11.3. The molecule has 5 heteroatoms. The molecule has 1 aliphatic rings. The van der Waals surface area contributed by atoms with E-state index in [1.54, 1.807) is 7.11 Å². The van der Waals surface area contributed by atoms with E-state index in [4.69, 9.17) is 9.47 Å². The van der Waals surface area contributed by atoms with Crippen molar-refractivity contribution in [2.75, 3.05) is 25.2 Å². The molecule has 1 fully saturated rings. The fourth-order valence-corrected chi connectivity index (χ4v) is 4.59. The molecule has 2 N–H and O–H groups in total. The van der Waals surface area contributed by atoms with Gasteiger partial charge < -0.3 is 19.9 Å². The molecular weight excluding hydrogens is 394 g/mol. The minimum absolute atomic E-state index is 0.229. The summed E-state index contributed by atoms with van der Waals surface area (Å²) in [6.45, 7) is 3.17. The van der Waals surface area contributed by atoms with Gasteiger partial charge in [-0.3, -0.25) is 0 Å². The Bertz CT molecular complexity index is 854. The molecule has 0 aliphatic carbocycles. The number of nitrogens with one attached hydrogen (secondary N) is 1. The van der Waals surface area contributed by atoms with E-state index < -0.39 is 5.60 Å². The Kier molecular flexibility index (Phi) is 8.50. The topological polar surface area (TPSA) is 50.7 Å². The van der Waals surface area contributed by atoms with Crippen LogP contribution in [0.1, 0.15) is 30.9 Å². The molecule has 1 aliphatic heterocycles. The van der Waals surface area contributed by atoms with Crippen molar-refractivity contribution in [3.05, 3.63) is 59.7 Å². The first-order valence-corrected chi connectivity index (χ1v) is 11.6. The maximum Gasteiger partial charge on any atom is 0.162 e. The van der Waals surface area contributed by atoms with Crippen LogP contribution in [0.4, 0.5) is 0 Å². The van der Waals surface area contributed by atoms with Crippen molar-refractivity contribution in [2.24, 2.45) is 0 Å². The molecule has 1 saturated heterocycles. The summed E-state index contributed by atoms with van der Waals surface area (Å²) in [6.07, 6.45) is 2.42. The lowest BCUT2D eigenvalue weighted by molar-refractivity contribution is 0.0925. The molecule has 0 aromatic heterocycles. The number of ether oxygens (including phenoxy) is 2. The maximum atomic E-state index is 10.5. The molecule has 30 heavy (non-hydrogen) atoms. The van der Waals surface area contributed by atoms with Gasteiger partial charge in [-0.05, 0) is 61.0 Å². The zero-order chi connectivity index (χ0) is 21.2. The van der Waals surface area contributed by atoms with E-state index in [1.165, 1.54) is 5.56 Å². The molecule has 4 nitrogen and oxygen atoms in total. The van der Waals surface area contributed by atoms with Crippen molar-refractivity contribution in [3.8, 4) is 23.3 Å². The molecular formula is C25H31NO3S. The van der Waals surface area contributed by atoms with E-state index in [-0.39, 0.29) is 6.61 Å². The van der Waals surface area contributed by atoms with Crippen LogP contribution in [-0.2, 0) is 13.0 Å². The molecule has 0 saturated carbocycles. The van der Waals surface area contributed by atoms with Gasteiger partial charge >= 0.3 is 0 Å². The van der Waals surface area contributed by atoms with E-state index in [0.717, 1.165) is 42.9 Å². The molecule has 0 bridgehead atoms. The Balaban J connectivity index is 1.54. The summed E-state index contributed by atoms with van der Waals surface area (Å²) in [6, 6.07) is 16.8. The average molecular weight is 426 g/mol. The van der Waals surface area contributed by atoms with Gasteiger partial charge in [-0.2, -0.15) is 11.8 Å². The van der Waals surface area contributed by atoms with E-state index in [1.807, 2.05) is 36.0 Å². The van der Waals surface area contributed by atoms with E-state index in [9.17, 15) is 5.11 Å². The lowest BCUT2D eigenvalue weighted by atomic mass is 9.98. The Hall–Kier alpha value is -2.13. The van der Waals surface area contributed by atoms with Gasteiger partial charge in [-0.15, -0.1) is 0 Å². The summed E-state index contributed by atoms with van der Waals surface area (Å²) in [4.78, 5) is 0. The highest BCUT2D eigenvalue weighted by atomic mass is 32.2. The van der Waals surface area contributed by atoms with Gasteiger partial charge in [0.1, 0.15) is 12.2 Å².